The molecule has 0 radical (unpaired) electrons. The lowest BCUT2D eigenvalue weighted by atomic mass is 10.1. The Bertz CT molecular complexity index is 692. The highest BCUT2D eigenvalue weighted by molar-refractivity contribution is 5.87. The van der Waals surface area contributed by atoms with Gasteiger partial charge in [-0.05, 0) is 51.8 Å². The maximum atomic E-state index is 10.8. The summed E-state index contributed by atoms with van der Waals surface area (Å²) in [5.41, 5.74) is 3.56. The van der Waals surface area contributed by atoms with Crippen LogP contribution in [-0.4, -0.2) is 15.3 Å². The first kappa shape index (κ1) is 15.2. The second-order valence-electron chi connectivity index (χ2n) is 5.36. The van der Waals surface area contributed by atoms with Crippen LogP contribution < -0.4 is 0 Å². The number of allylic oxidation sites excluding steroid dienone is 4. The van der Waals surface area contributed by atoms with Crippen LogP contribution in [0.1, 0.15) is 32.5 Å². The minimum absolute atomic E-state index is 0.108. The third-order valence-corrected chi connectivity index (χ3v) is 3.53. The number of imidazole rings is 1. The van der Waals surface area contributed by atoms with Crippen LogP contribution in [0.25, 0.3) is 11.0 Å². The fourth-order valence-electron chi connectivity index (χ4n) is 2.34. The highest BCUT2D eigenvalue weighted by atomic mass is 16.1. The molecule has 0 aliphatic carbocycles. The van der Waals surface area contributed by atoms with Crippen LogP contribution >= 0.6 is 0 Å². The Morgan fingerprint density at radius 2 is 2.05 bits per heavy atom. The second kappa shape index (κ2) is 7.02. The van der Waals surface area contributed by atoms with E-state index in [9.17, 15) is 4.79 Å². The van der Waals surface area contributed by atoms with Crippen LogP contribution in [-0.2, 0) is 11.3 Å². The molecule has 0 amide bonds. The molecule has 0 fully saturated rings. The monoisotopic (exact) mass is 282 g/mol. The fraction of sp³-hybridized carbons (Fsp3) is 0.333. The number of hydrogen-bond donors (Lipinski definition) is 0. The Labute approximate surface area is 126 Å². The van der Waals surface area contributed by atoms with Crippen molar-refractivity contribution in [1.82, 2.24) is 9.55 Å². The zero-order valence-corrected chi connectivity index (χ0v) is 13.0. The summed E-state index contributed by atoms with van der Waals surface area (Å²) in [5.74, 6) is 1.15. The van der Waals surface area contributed by atoms with Crippen LogP contribution in [0.3, 0.4) is 0 Å². The number of hydrogen-bond acceptors (Lipinski definition) is 2. The summed E-state index contributed by atoms with van der Waals surface area (Å²) in [4.78, 5) is 15.4. The summed E-state index contributed by atoms with van der Waals surface area (Å²) >= 11 is 0. The summed E-state index contributed by atoms with van der Waals surface area (Å²) in [7, 11) is 0. The molecule has 21 heavy (non-hydrogen) atoms. The molecule has 0 bridgehead atoms. The quantitative estimate of drug-likeness (QED) is 0.587. The molecular formula is C18H22N2O. The van der Waals surface area contributed by atoms with E-state index in [1.54, 1.807) is 13.0 Å². The number of ketones is 1. The largest absolute Gasteiger partial charge is 0.324 e. The standard InChI is InChI=1S/C18H22N2O/c1-14(8-4-5-9-15(2)21)12-13-20-16(3)19-17-10-6-7-11-18(17)20/h5-7,9-12H,4,8,13H2,1-3H3. The maximum Gasteiger partial charge on any atom is 0.152 e. The van der Waals surface area contributed by atoms with E-state index < -0.39 is 0 Å². The lowest BCUT2D eigenvalue weighted by molar-refractivity contribution is -0.112. The van der Waals surface area contributed by atoms with Gasteiger partial charge in [0.25, 0.3) is 0 Å². The number of aromatic nitrogens is 2. The Morgan fingerprint density at radius 3 is 2.81 bits per heavy atom. The number of rotatable bonds is 6. The lowest BCUT2D eigenvalue weighted by Crippen LogP contribution is -1.98. The SMILES string of the molecule is CC(=O)C=CCCC(C)=CCn1c(C)nc2ccccc21. The van der Waals surface area contributed by atoms with Crippen LogP contribution in [0, 0.1) is 6.92 Å². The molecule has 3 heteroatoms. The molecule has 110 valence electrons. The zero-order chi connectivity index (χ0) is 15.2. The minimum atomic E-state index is 0.108. The third-order valence-electron chi connectivity index (χ3n) is 3.53. The number of carbonyl (C=O) groups excluding carboxylic acids is 1. The third kappa shape index (κ3) is 4.15. The van der Waals surface area contributed by atoms with E-state index in [0.29, 0.717) is 0 Å². The van der Waals surface area contributed by atoms with Crippen LogP contribution in [0.5, 0.6) is 0 Å². The van der Waals surface area contributed by atoms with E-state index in [2.05, 4.69) is 28.6 Å². The average molecular weight is 282 g/mol. The lowest BCUT2D eigenvalue weighted by Gasteiger charge is -2.04. The van der Waals surface area contributed by atoms with Gasteiger partial charge in [-0.2, -0.15) is 0 Å². The smallest absolute Gasteiger partial charge is 0.152 e. The van der Waals surface area contributed by atoms with Gasteiger partial charge in [0.15, 0.2) is 5.78 Å². The molecule has 2 rings (SSSR count). The molecule has 2 aromatic rings. The maximum absolute atomic E-state index is 10.8. The van der Waals surface area contributed by atoms with Crippen LogP contribution in [0.4, 0.5) is 0 Å². The second-order valence-corrected chi connectivity index (χ2v) is 5.36. The number of nitrogens with zero attached hydrogens (tertiary/aromatic N) is 2. The Balaban J connectivity index is 2.01. The summed E-state index contributed by atoms with van der Waals surface area (Å²) in [6.45, 7) is 6.59. The molecule has 0 aliphatic rings. The van der Waals surface area contributed by atoms with Crippen molar-refractivity contribution in [1.29, 1.82) is 0 Å². The molecule has 1 heterocycles. The first-order valence-corrected chi connectivity index (χ1v) is 7.32. The van der Waals surface area contributed by atoms with Crippen molar-refractivity contribution in [3.05, 3.63) is 53.9 Å². The van der Waals surface area contributed by atoms with E-state index in [0.717, 1.165) is 30.7 Å². The predicted octanol–water partition coefficient (Wildman–Crippen LogP) is 4.22. The fourth-order valence-corrected chi connectivity index (χ4v) is 2.34. The van der Waals surface area contributed by atoms with E-state index in [-0.39, 0.29) is 5.78 Å². The Morgan fingerprint density at radius 1 is 1.29 bits per heavy atom. The molecule has 0 aliphatic heterocycles. The minimum Gasteiger partial charge on any atom is -0.324 e. The molecule has 0 unspecified atom stereocenters. The van der Waals surface area contributed by atoms with Gasteiger partial charge in [-0.1, -0.05) is 29.9 Å². The highest BCUT2D eigenvalue weighted by Gasteiger charge is 2.04. The number of para-hydroxylation sites is 2. The number of aryl methyl sites for hydroxylation is 1. The molecular weight excluding hydrogens is 260 g/mol. The molecule has 0 saturated carbocycles. The zero-order valence-electron chi connectivity index (χ0n) is 13.0. The summed E-state index contributed by atoms with van der Waals surface area (Å²) in [5, 5.41) is 0. The molecule has 1 aromatic carbocycles. The van der Waals surface area contributed by atoms with E-state index in [1.807, 2.05) is 31.2 Å². The van der Waals surface area contributed by atoms with Crippen molar-refractivity contribution in [2.24, 2.45) is 0 Å². The normalized spacial score (nSPS) is 12.4. The number of benzene rings is 1. The van der Waals surface area contributed by atoms with Crippen molar-refractivity contribution in [2.75, 3.05) is 0 Å². The summed E-state index contributed by atoms with van der Waals surface area (Å²) < 4.78 is 2.23. The molecule has 0 saturated heterocycles. The van der Waals surface area contributed by atoms with Gasteiger partial charge in [-0.3, -0.25) is 4.79 Å². The average Bonchev–Trinajstić information content (AvgIpc) is 2.76. The van der Waals surface area contributed by atoms with Crippen molar-refractivity contribution >= 4 is 16.8 Å². The van der Waals surface area contributed by atoms with Gasteiger partial charge in [0.1, 0.15) is 5.82 Å². The molecule has 0 atom stereocenters. The topological polar surface area (TPSA) is 34.9 Å². The number of carbonyl (C=O) groups is 1. The highest BCUT2D eigenvalue weighted by Crippen LogP contribution is 2.16. The van der Waals surface area contributed by atoms with Crippen molar-refractivity contribution in [3.63, 3.8) is 0 Å². The summed E-state index contributed by atoms with van der Waals surface area (Å²) in [6, 6.07) is 8.21. The van der Waals surface area contributed by atoms with Crippen molar-refractivity contribution in [3.8, 4) is 0 Å². The van der Waals surface area contributed by atoms with Gasteiger partial charge >= 0.3 is 0 Å². The predicted molar refractivity (Wildman–Crippen MR) is 87.3 cm³/mol. The Kier molecular flexibility index (Phi) is 5.09. The van der Waals surface area contributed by atoms with Crippen LogP contribution in [0.15, 0.2) is 48.1 Å². The van der Waals surface area contributed by atoms with Gasteiger partial charge in [-0.15, -0.1) is 0 Å². The first-order chi connectivity index (χ1) is 10.1. The van der Waals surface area contributed by atoms with E-state index >= 15 is 0 Å². The first-order valence-electron chi connectivity index (χ1n) is 7.32. The van der Waals surface area contributed by atoms with Gasteiger partial charge in [-0.25, -0.2) is 4.98 Å². The Hall–Kier alpha value is -2.16. The van der Waals surface area contributed by atoms with Gasteiger partial charge in [0.05, 0.1) is 11.0 Å². The van der Waals surface area contributed by atoms with Gasteiger partial charge in [0.2, 0.25) is 0 Å². The van der Waals surface area contributed by atoms with Crippen LogP contribution in [0.2, 0.25) is 0 Å². The summed E-state index contributed by atoms with van der Waals surface area (Å²) in [6.07, 6.45) is 7.71. The van der Waals surface area contributed by atoms with E-state index in [4.69, 9.17) is 0 Å². The van der Waals surface area contributed by atoms with Crippen molar-refractivity contribution < 1.29 is 4.79 Å². The molecule has 0 spiro atoms. The van der Waals surface area contributed by atoms with Gasteiger partial charge in [0, 0.05) is 6.54 Å². The van der Waals surface area contributed by atoms with E-state index in [1.165, 1.54) is 11.1 Å². The number of fused-ring (bicyclic) bond motifs is 1. The molecule has 1 aromatic heterocycles. The van der Waals surface area contributed by atoms with Crippen molar-refractivity contribution in [2.45, 2.75) is 40.2 Å². The molecule has 3 nitrogen and oxygen atoms in total. The van der Waals surface area contributed by atoms with Gasteiger partial charge < -0.3 is 4.57 Å². The molecule has 0 N–H and O–H groups in total.